The molecular weight excluding hydrogens is 385 g/mol. The first-order valence-electron chi connectivity index (χ1n) is 10.3. The fourth-order valence-corrected chi connectivity index (χ4v) is 4.80. The van der Waals surface area contributed by atoms with Crippen LogP contribution in [0.2, 0.25) is 0 Å². The monoisotopic (exact) mass is 413 g/mol. The molecule has 30 heavy (non-hydrogen) atoms. The number of rotatable bonds is 4. The number of aromatic nitrogens is 2. The van der Waals surface area contributed by atoms with Gasteiger partial charge in [-0.05, 0) is 44.1 Å². The molecule has 8 heteroatoms. The van der Waals surface area contributed by atoms with Crippen molar-refractivity contribution in [2.45, 2.75) is 65.0 Å². The van der Waals surface area contributed by atoms with E-state index in [1.54, 1.807) is 17.7 Å². The Kier molecular flexibility index (Phi) is 4.92. The number of hydrogen-bond acceptors (Lipinski definition) is 5. The molecule has 2 aliphatic carbocycles. The molecule has 2 aromatic rings. The van der Waals surface area contributed by atoms with E-state index in [1.807, 2.05) is 13.8 Å². The maximum absolute atomic E-state index is 15.0. The molecule has 0 bridgehead atoms. The quantitative estimate of drug-likeness (QED) is 0.713. The van der Waals surface area contributed by atoms with Crippen LogP contribution in [0.4, 0.5) is 10.1 Å². The molecule has 2 atom stereocenters. The highest BCUT2D eigenvalue weighted by atomic mass is 19.1. The highest BCUT2D eigenvalue weighted by molar-refractivity contribution is 6.00. The van der Waals surface area contributed by atoms with E-state index in [9.17, 15) is 9.59 Å². The fourth-order valence-electron chi connectivity index (χ4n) is 4.80. The number of fused-ring (bicyclic) bond motifs is 1. The van der Waals surface area contributed by atoms with Crippen molar-refractivity contribution in [3.8, 4) is 5.69 Å². The Morgan fingerprint density at radius 3 is 2.67 bits per heavy atom. The average molecular weight is 413 g/mol. The molecule has 160 valence electrons. The number of hydrogen-bond donors (Lipinski definition) is 3. The second-order valence-corrected chi connectivity index (χ2v) is 9.32. The Morgan fingerprint density at radius 2 is 2.03 bits per heavy atom. The standard InChI is InChI=1S/C22H28FN5O2/c1-11-19-17(9-22(2,3)10-18(19)29)28(27-11)12-7-13(23)20(21(25)30)16(8-12)26-15-6-4-5-14(15)24/h7-8,14-15,26H,4-6,9-10,24H2,1-3H3,(H2,25,30)/t14-,15-/m0/s1. The van der Waals surface area contributed by atoms with Gasteiger partial charge in [-0.1, -0.05) is 13.8 Å². The minimum Gasteiger partial charge on any atom is -0.380 e. The number of aryl methyl sites for hydroxylation is 1. The zero-order chi connectivity index (χ0) is 21.8. The van der Waals surface area contributed by atoms with Crippen LogP contribution in [0.25, 0.3) is 5.69 Å². The molecule has 4 rings (SSSR count). The number of amides is 1. The van der Waals surface area contributed by atoms with E-state index in [1.165, 1.54) is 6.07 Å². The fraction of sp³-hybridized carbons (Fsp3) is 0.500. The minimum atomic E-state index is -0.844. The van der Waals surface area contributed by atoms with Crippen molar-refractivity contribution in [3.05, 3.63) is 40.5 Å². The third-order valence-electron chi connectivity index (χ3n) is 6.20. The maximum Gasteiger partial charge on any atom is 0.253 e. The van der Waals surface area contributed by atoms with E-state index in [-0.39, 0.29) is 28.8 Å². The predicted molar refractivity (Wildman–Crippen MR) is 112 cm³/mol. The van der Waals surface area contributed by atoms with Crippen LogP contribution < -0.4 is 16.8 Å². The van der Waals surface area contributed by atoms with Gasteiger partial charge < -0.3 is 16.8 Å². The topological polar surface area (TPSA) is 116 Å². The van der Waals surface area contributed by atoms with Gasteiger partial charge in [-0.15, -0.1) is 0 Å². The lowest BCUT2D eigenvalue weighted by Crippen LogP contribution is -2.36. The molecule has 2 aliphatic rings. The van der Waals surface area contributed by atoms with Crippen LogP contribution in [0.3, 0.4) is 0 Å². The lowest BCUT2D eigenvalue weighted by Gasteiger charge is -2.29. The first-order chi connectivity index (χ1) is 14.1. The summed E-state index contributed by atoms with van der Waals surface area (Å²) in [6, 6.07) is 2.79. The van der Waals surface area contributed by atoms with Gasteiger partial charge in [0.1, 0.15) is 5.82 Å². The van der Waals surface area contributed by atoms with Crippen LogP contribution in [-0.4, -0.2) is 33.6 Å². The van der Waals surface area contributed by atoms with E-state index in [0.29, 0.717) is 35.5 Å². The molecule has 1 amide bonds. The Balaban J connectivity index is 1.84. The summed E-state index contributed by atoms with van der Waals surface area (Å²) in [5.41, 5.74) is 14.0. The molecule has 0 aliphatic heterocycles. The number of ketones is 1. The minimum absolute atomic E-state index is 0.0505. The molecule has 0 saturated heterocycles. The van der Waals surface area contributed by atoms with Crippen LogP contribution in [0, 0.1) is 18.2 Å². The molecule has 1 heterocycles. The molecule has 1 aromatic carbocycles. The van der Waals surface area contributed by atoms with Crippen molar-refractivity contribution in [2.75, 3.05) is 5.32 Å². The molecule has 0 spiro atoms. The van der Waals surface area contributed by atoms with E-state index >= 15 is 4.39 Å². The molecule has 0 radical (unpaired) electrons. The van der Waals surface area contributed by atoms with E-state index < -0.39 is 11.7 Å². The largest absolute Gasteiger partial charge is 0.380 e. The van der Waals surface area contributed by atoms with Crippen molar-refractivity contribution in [1.82, 2.24) is 9.78 Å². The van der Waals surface area contributed by atoms with Gasteiger partial charge in [-0.2, -0.15) is 5.10 Å². The molecule has 5 N–H and O–H groups in total. The summed E-state index contributed by atoms with van der Waals surface area (Å²) in [7, 11) is 0. The highest BCUT2D eigenvalue weighted by Gasteiger charge is 2.36. The van der Waals surface area contributed by atoms with Gasteiger partial charge in [-0.25, -0.2) is 9.07 Å². The van der Waals surface area contributed by atoms with Gasteiger partial charge in [-0.3, -0.25) is 9.59 Å². The summed E-state index contributed by atoms with van der Waals surface area (Å²) in [5.74, 6) is -1.52. The molecule has 1 fully saturated rings. The number of nitrogens with two attached hydrogens (primary N) is 2. The zero-order valence-electron chi connectivity index (χ0n) is 17.6. The Hall–Kier alpha value is -2.74. The van der Waals surface area contributed by atoms with Gasteiger partial charge in [0.15, 0.2) is 5.78 Å². The Morgan fingerprint density at radius 1 is 1.30 bits per heavy atom. The maximum atomic E-state index is 15.0. The summed E-state index contributed by atoms with van der Waals surface area (Å²) in [6.07, 6.45) is 3.77. The molecule has 1 aromatic heterocycles. The van der Waals surface area contributed by atoms with Crippen LogP contribution in [0.5, 0.6) is 0 Å². The molecule has 1 saturated carbocycles. The van der Waals surface area contributed by atoms with Crippen molar-refractivity contribution in [1.29, 1.82) is 0 Å². The number of anilines is 1. The van der Waals surface area contributed by atoms with Crippen LogP contribution in [0.15, 0.2) is 12.1 Å². The Bertz CT molecular complexity index is 1040. The number of Topliss-reactive ketones (excluding diaryl/α,β-unsaturated/α-hetero) is 1. The number of carbonyl (C=O) groups is 2. The summed E-state index contributed by atoms with van der Waals surface area (Å²) in [6.45, 7) is 5.86. The number of benzene rings is 1. The summed E-state index contributed by atoms with van der Waals surface area (Å²) < 4.78 is 16.6. The van der Waals surface area contributed by atoms with Gasteiger partial charge in [0.2, 0.25) is 0 Å². The third kappa shape index (κ3) is 3.49. The summed E-state index contributed by atoms with van der Waals surface area (Å²) >= 11 is 0. The smallest absolute Gasteiger partial charge is 0.253 e. The van der Waals surface area contributed by atoms with Crippen LogP contribution in [-0.2, 0) is 6.42 Å². The van der Waals surface area contributed by atoms with Crippen LogP contribution in [0.1, 0.15) is 71.6 Å². The SMILES string of the molecule is Cc1nn(-c2cc(F)c(C(N)=O)c(N[C@H]3CCC[C@@H]3N)c2)c2c1C(=O)CC(C)(C)C2. The predicted octanol–water partition coefficient (Wildman–Crippen LogP) is 2.87. The van der Waals surface area contributed by atoms with E-state index in [2.05, 4.69) is 10.4 Å². The molecule has 0 unspecified atom stereocenters. The number of nitrogens with one attached hydrogen (secondary N) is 1. The number of carbonyl (C=O) groups excluding carboxylic acids is 2. The first kappa shape index (κ1) is 20.5. The number of primary amides is 1. The van der Waals surface area contributed by atoms with Gasteiger partial charge in [0.25, 0.3) is 5.91 Å². The Labute approximate surface area is 175 Å². The van der Waals surface area contributed by atoms with E-state index in [0.717, 1.165) is 25.0 Å². The lowest BCUT2D eigenvalue weighted by atomic mass is 9.75. The van der Waals surface area contributed by atoms with Crippen molar-refractivity contribution in [3.63, 3.8) is 0 Å². The van der Waals surface area contributed by atoms with Crippen LogP contribution >= 0.6 is 0 Å². The normalized spacial score (nSPS) is 22.8. The highest BCUT2D eigenvalue weighted by Crippen LogP contribution is 2.38. The van der Waals surface area contributed by atoms with Gasteiger partial charge >= 0.3 is 0 Å². The number of nitrogens with zero attached hydrogens (tertiary/aromatic N) is 2. The van der Waals surface area contributed by atoms with Crippen molar-refractivity contribution < 1.29 is 14.0 Å². The molecule has 7 nitrogen and oxygen atoms in total. The summed E-state index contributed by atoms with van der Waals surface area (Å²) in [4.78, 5) is 24.6. The van der Waals surface area contributed by atoms with Gasteiger partial charge in [0, 0.05) is 24.6 Å². The second kappa shape index (κ2) is 7.19. The lowest BCUT2D eigenvalue weighted by molar-refractivity contribution is 0.0909. The average Bonchev–Trinajstić information content (AvgIpc) is 3.16. The van der Waals surface area contributed by atoms with Gasteiger partial charge in [0.05, 0.1) is 33.9 Å². The second-order valence-electron chi connectivity index (χ2n) is 9.32. The molecular formula is C22H28FN5O2. The number of halogens is 1. The third-order valence-corrected chi connectivity index (χ3v) is 6.20. The first-order valence-corrected chi connectivity index (χ1v) is 10.3. The summed E-state index contributed by atoms with van der Waals surface area (Å²) in [5, 5.41) is 7.77. The van der Waals surface area contributed by atoms with E-state index in [4.69, 9.17) is 11.5 Å². The van der Waals surface area contributed by atoms with Crippen molar-refractivity contribution in [2.24, 2.45) is 16.9 Å². The van der Waals surface area contributed by atoms with Crippen molar-refractivity contribution >= 4 is 17.4 Å². The zero-order valence-corrected chi connectivity index (χ0v) is 17.6.